The minimum Gasteiger partial charge on any atom is -0.505 e. The molecule has 3 rings (SSSR count). The molecule has 0 spiro atoms. The van der Waals surface area contributed by atoms with Crippen LogP contribution in [0.1, 0.15) is 27.3 Å². The second-order valence-corrected chi connectivity index (χ2v) is 6.09. The molecule has 100 valence electrons. The van der Waals surface area contributed by atoms with Crippen molar-refractivity contribution in [1.82, 2.24) is 5.32 Å². The maximum Gasteiger partial charge on any atom is 0.165 e. The third-order valence-electron chi connectivity index (χ3n) is 3.48. The van der Waals surface area contributed by atoms with Crippen LogP contribution in [0, 0.1) is 5.82 Å². The van der Waals surface area contributed by atoms with Crippen molar-refractivity contribution in [2.45, 2.75) is 32.4 Å². The molecule has 1 aromatic heterocycles. The number of phenolic OH excluding ortho intramolecular Hbond substituents is 1. The van der Waals surface area contributed by atoms with Crippen LogP contribution in [-0.2, 0) is 25.9 Å². The number of aromatic hydroxyl groups is 1. The Hall–Kier alpha value is -1.39. The molecule has 2 nitrogen and oxygen atoms in total. The molecule has 1 aromatic carbocycles. The van der Waals surface area contributed by atoms with E-state index < -0.39 is 5.82 Å². The Morgan fingerprint density at radius 3 is 3.00 bits per heavy atom. The Labute approximate surface area is 115 Å². The number of nitrogens with one attached hydrogen (secondary N) is 1. The summed E-state index contributed by atoms with van der Waals surface area (Å²) in [5, 5.41) is 12.8. The van der Waals surface area contributed by atoms with Crippen LogP contribution in [0.25, 0.3) is 0 Å². The zero-order chi connectivity index (χ0) is 13.2. The van der Waals surface area contributed by atoms with Gasteiger partial charge in [-0.15, -0.1) is 11.3 Å². The first-order valence-corrected chi connectivity index (χ1v) is 7.33. The Morgan fingerprint density at radius 1 is 1.26 bits per heavy atom. The molecule has 0 aliphatic heterocycles. The van der Waals surface area contributed by atoms with Crippen molar-refractivity contribution in [2.75, 3.05) is 0 Å². The van der Waals surface area contributed by atoms with E-state index in [4.69, 9.17) is 0 Å². The van der Waals surface area contributed by atoms with E-state index in [1.807, 2.05) is 11.3 Å². The summed E-state index contributed by atoms with van der Waals surface area (Å²) in [7, 11) is 0. The van der Waals surface area contributed by atoms with Crippen LogP contribution in [-0.4, -0.2) is 5.11 Å². The summed E-state index contributed by atoms with van der Waals surface area (Å²) in [6, 6.07) is 6.89. The van der Waals surface area contributed by atoms with Crippen molar-refractivity contribution in [3.63, 3.8) is 0 Å². The van der Waals surface area contributed by atoms with Crippen molar-refractivity contribution in [2.24, 2.45) is 0 Å². The van der Waals surface area contributed by atoms with E-state index in [0.29, 0.717) is 12.1 Å². The van der Waals surface area contributed by atoms with Gasteiger partial charge in [0.05, 0.1) is 0 Å². The molecule has 2 aromatic rings. The average Bonchev–Trinajstić information content (AvgIpc) is 2.95. The van der Waals surface area contributed by atoms with E-state index in [1.165, 1.54) is 40.6 Å². The summed E-state index contributed by atoms with van der Waals surface area (Å²) in [6.07, 6.45) is 3.70. The van der Waals surface area contributed by atoms with Crippen LogP contribution in [0.15, 0.2) is 24.3 Å². The fourth-order valence-corrected chi connectivity index (χ4v) is 3.73. The molecule has 0 fully saturated rings. The number of hydrogen-bond donors (Lipinski definition) is 2. The molecule has 4 heteroatoms. The maximum atomic E-state index is 13.2. The van der Waals surface area contributed by atoms with Gasteiger partial charge in [-0.2, -0.15) is 0 Å². The number of halogens is 1. The van der Waals surface area contributed by atoms with Gasteiger partial charge in [-0.25, -0.2) is 4.39 Å². The molecule has 0 radical (unpaired) electrons. The van der Waals surface area contributed by atoms with Crippen molar-refractivity contribution >= 4 is 11.3 Å². The Bertz CT molecular complexity index is 572. The molecule has 0 atom stereocenters. The van der Waals surface area contributed by atoms with E-state index in [9.17, 15) is 9.50 Å². The highest BCUT2D eigenvalue weighted by Crippen LogP contribution is 2.30. The Kier molecular flexibility index (Phi) is 3.53. The van der Waals surface area contributed by atoms with Gasteiger partial charge < -0.3 is 10.4 Å². The minimum atomic E-state index is -0.561. The zero-order valence-corrected chi connectivity index (χ0v) is 11.4. The maximum absolute atomic E-state index is 13.2. The first-order valence-electron chi connectivity index (χ1n) is 6.51. The average molecular weight is 277 g/mol. The van der Waals surface area contributed by atoms with Crippen LogP contribution < -0.4 is 5.32 Å². The van der Waals surface area contributed by atoms with E-state index in [2.05, 4.69) is 11.4 Å². The largest absolute Gasteiger partial charge is 0.505 e. The SMILES string of the molecule is Oc1c(F)cccc1CNCc1cc2c(s1)CCC2. The smallest absolute Gasteiger partial charge is 0.165 e. The summed E-state index contributed by atoms with van der Waals surface area (Å²) < 4.78 is 13.2. The van der Waals surface area contributed by atoms with E-state index in [-0.39, 0.29) is 5.75 Å². The first kappa shape index (κ1) is 12.6. The van der Waals surface area contributed by atoms with E-state index >= 15 is 0 Å². The van der Waals surface area contributed by atoms with Gasteiger partial charge >= 0.3 is 0 Å². The summed E-state index contributed by atoms with van der Waals surface area (Å²) in [5.41, 5.74) is 2.10. The predicted molar refractivity (Wildman–Crippen MR) is 75.0 cm³/mol. The molecule has 0 bridgehead atoms. The van der Waals surface area contributed by atoms with Crippen molar-refractivity contribution in [3.05, 3.63) is 51.0 Å². The molecular formula is C15H16FNOS. The normalized spacial score (nSPS) is 13.7. The number of para-hydroxylation sites is 1. The highest BCUT2D eigenvalue weighted by Gasteiger charge is 2.14. The topological polar surface area (TPSA) is 32.3 Å². The second-order valence-electron chi connectivity index (χ2n) is 4.87. The van der Waals surface area contributed by atoms with Crippen LogP contribution in [0.2, 0.25) is 0 Å². The van der Waals surface area contributed by atoms with Gasteiger partial charge in [0.25, 0.3) is 0 Å². The summed E-state index contributed by atoms with van der Waals surface area (Å²) in [5.74, 6) is -0.807. The lowest BCUT2D eigenvalue weighted by molar-refractivity contribution is 0.423. The zero-order valence-electron chi connectivity index (χ0n) is 10.6. The number of hydrogen-bond acceptors (Lipinski definition) is 3. The lowest BCUT2D eigenvalue weighted by atomic mass is 10.2. The molecule has 1 aliphatic carbocycles. The fourth-order valence-electron chi connectivity index (χ4n) is 2.50. The third kappa shape index (κ3) is 2.65. The standard InChI is InChI=1S/C15H16FNOS/c16-13-5-1-4-11(15(13)18)8-17-9-12-7-10-3-2-6-14(10)19-12/h1,4-5,7,17-18H,2-3,6,8-9H2. The van der Waals surface area contributed by atoms with Gasteiger partial charge in [0, 0.05) is 28.4 Å². The number of thiophene rings is 1. The van der Waals surface area contributed by atoms with Gasteiger partial charge in [-0.05, 0) is 37.0 Å². The quantitative estimate of drug-likeness (QED) is 0.898. The predicted octanol–water partition coefficient (Wildman–Crippen LogP) is 3.37. The van der Waals surface area contributed by atoms with Gasteiger partial charge in [0.1, 0.15) is 0 Å². The van der Waals surface area contributed by atoms with E-state index in [1.54, 1.807) is 12.1 Å². The molecule has 19 heavy (non-hydrogen) atoms. The molecule has 0 saturated carbocycles. The number of aryl methyl sites for hydroxylation is 2. The minimum absolute atomic E-state index is 0.247. The molecule has 1 aliphatic rings. The van der Waals surface area contributed by atoms with Gasteiger partial charge in [-0.1, -0.05) is 12.1 Å². The van der Waals surface area contributed by atoms with Crippen molar-refractivity contribution in [1.29, 1.82) is 0 Å². The first-order chi connectivity index (χ1) is 9.24. The summed E-state index contributed by atoms with van der Waals surface area (Å²) in [6.45, 7) is 1.25. The number of benzene rings is 1. The van der Waals surface area contributed by atoms with Crippen LogP contribution in [0.4, 0.5) is 4.39 Å². The fraction of sp³-hybridized carbons (Fsp3) is 0.333. The lowest BCUT2D eigenvalue weighted by Crippen LogP contribution is -2.12. The second kappa shape index (κ2) is 5.31. The summed E-state index contributed by atoms with van der Waals surface area (Å²) in [4.78, 5) is 2.84. The number of fused-ring (bicyclic) bond motifs is 1. The number of rotatable bonds is 4. The van der Waals surface area contributed by atoms with Crippen LogP contribution in [0.5, 0.6) is 5.75 Å². The van der Waals surface area contributed by atoms with Gasteiger partial charge in [0.15, 0.2) is 11.6 Å². The molecule has 1 heterocycles. The highest BCUT2D eigenvalue weighted by atomic mass is 32.1. The Balaban J connectivity index is 1.59. The Morgan fingerprint density at radius 2 is 2.16 bits per heavy atom. The van der Waals surface area contributed by atoms with Gasteiger partial charge in [0.2, 0.25) is 0 Å². The molecule has 0 saturated heterocycles. The molecular weight excluding hydrogens is 261 g/mol. The molecule has 0 unspecified atom stereocenters. The highest BCUT2D eigenvalue weighted by molar-refractivity contribution is 7.12. The lowest BCUT2D eigenvalue weighted by Gasteiger charge is -2.06. The monoisotopic (exact) mass is 277 g/mol. The molecule has 2 N–H and O–H groups in total. The van der Waals surface area contributed by atoms with Crippen molar-refractivity contribution < 1.29 is 9.50 Å². The summed E-state index contributed by atoms with van der Waals surface area (Å²) >= 11 is 1.87. The number of phenols is 1. The van der Waals surface area contributed by atoms with E-state index in [0.717, 1.165) is 6.54 Å². The van der Waals surface area contributed by atoms with Gasteiger partial charge in [-0.3, -0.25) is 0 Å². The van der Waals surface area contributed by atoms with Crippen LogP contribution >= 0.6 is 11.3 Å². The van der Waals surface area contributed by atoms with Crippen molar-refractivity contribution in [3.8, 4) is 5.75 Å². The molecule has 0 amide bonds. The van der Waals surface area contributed by atoms with Crippen LogP contribution in [0.3, 0.4) is 0 Å². The third-order valence-corrected chi connectivity index (χ3v) is 4.72.